The molecule has 6 aromatic rings. The van der Waals surface area contributed by atoms with Crippen molar-refractivity contribution in [1.82, 2.24) is 29.1 Å². The molecule has 4 heterocycles. The highest BCUT2D eigenvalue weighted by Crippen LogP contribution is 2.50. The third-order valence-corrected chi connectivity index (χ3v) is 13.8. The molecule has 0 fully saturated rings. The molecule has 0 aliphatic carbocycles. The van der Waals surface area contributed by atoms with Crippen molar-refractivity contribution < 1.29 is 36.6 Å². The minimum absolute atomic E-state index is 0.0104. The van der Waals surface area contributed by atoms with Gasteiger partial charge in [0, 0.05) is 12.1 Å². The largest absolute Gasteiger partial charge is 0.494 e. The first-order valence-electron chi connectivity index (χ1n) is 26.0. The molecule has 2 N–H and O–H groups in total. The first-order chi connectivity index (χ1) is 32.7. The van der Waals surface area contributed by atoms with Crippen molar-refractivity contribution in [2.45, 2.75) is 219 Å². The van der Waals surface area contributed by atoms with Crippen LogP contribution < -0.4 is 0 Å². The van der Waals surface area contributed by atoms with Gasteiger partial charge in [0.2, 0.25) is 11.8 Å². The van der Waals surface area contributed by atoms with E-state index in [1.807, 2.05) is 0 Å². The van der Waals surface area contributed by atoms with Gasteiger partial charge in [-0.1, -0.05) is 169 Å². The number of alkyl halides is 6. The van der Waals surface area contributed by atoms with Gasteiger partial charge in [0.25, 0.3) is 0 Å². The van der Waals surface area contributed by atoms with E-state index in [1.165, 1.54) is 63.5 Å². The lowest BCUT2D eigenvalue weighted by atomic mass is 10.00. The Hall–Kier alpha value is -4.62. The topological polar surface area (TPSA) is 102 Å². The van der Waals surface area contributed by atoms with E-state index in [9.17, 15) is 36.6 Å². The van der Waals surface area contributed by atoms with Gasteiger partial charge >= 0.3 is 12.4 Å². The molecule has 8 nitrogen and oxygen atoms in total. The standard InChI is InChI=1S/C54H74F6N6O2/c1-5-9-13-15-17-19-21-25-29-39(27-23-11-7-3)65-49-47(61-41-33-31-37(53(55,56)57)35-43(41)63-49)45(51(65)67)46-48-50(64-44-36-38(54(58,59)60)32-34-42(44)62-48)66(52(46)68)40(28-24-12-8-4)30-26-22-20-18-16-14-10-6-2/h31-36,39-40,67-68H,5-30H2,1-4H3. The molecular formula is C54H74F6N6O2. The van der Waals surface area contributed by atoms with Gasteiger partial charge in [0.05, 0.1) is 44.3 Å². The van der Waals surface area contributed by atoms with Crippen LogP contribution in [0.15, 0.2) is 36.4 Å². The summed E-state index contributed by atoms with van der Waals surface area (Å²) in [5.41, 5.74) is -0.418. The van der Waals surface area contributed by atoms with Gasteiger partial charge in [-0.15, -0.1) is 0 Å². The molecular weight excluding hydrogens is 879 g/mol. The smallest absolute Gasteiger partial charge is 0.416 e. The van der Waals surface area contributed by atoms with E-state index < -0.39 is 23.5 Å². The van der Waals surface area contributed by atoms with Crippen LogP contribution in [0.1, 0.15) is 218 Å². The van der Waals surface area contributed by atoms with Gasteiger partial charge in [0.15, 0.2) is 11.3 Å². The van der Waals surface area contributed by atoms with Crippen LogP contribution in [-0.4, -0.2) is 39.3 Å². The predicted octanol–water partition coefficient (Wildman–Crippen LogP) is 17.9. The summed E-state index contributed by atoms with van der Waals surface area (Å²) in [5.74, 6) is -0.497. The number of aromatic hydroxyl groups is 2. The minimum Gasteiger partial charge on any atom is -0.494 e. The average molecular weight is 953 g/mol. The zero-order chi connectivity index (χ0) is 48.8. The molecule has 4 aromatic heterocycles. The molecule has 14 heteroatoms. The molecule has 0 aliphatic rings. The quantitative estimate of drug-likeness (QED) is 0.0359. The molecule has 0 spiro atoms. The summed E-state index contributed by atoms with van der Waals surface area (Å²) in [6.07, 6.45) is 16.6. The predicted molar refractivity (Wildman–Crippen MR) is 263 cm³/mol. The fourth-order valence-corrected chi connectivity index (χ4v) is 10.0. The Kier molecular flexibility index (Phi) is 19.2. The van der Waals surface area contributed by atoms with Crippen LogP contribution in [0.3, 0.4) is 0 Å². The molecule has 2 unspecified atom stereocenters. The maximum atomic E-state index is 14.1. The summed E-state index contributed by atoms with van der Waals surface area (Å²) >= 11 is 0. The number of rotatable bonds is 29. The second-order valence-electron chi connectivity index (χ2n) is 19.2. The molecule has 0 radical (unpaired) electrons. The molecule has 0 saturated carbocycles. The second kappa shape index (κ2) is 24.8. The summed E-state index contributed by atoms with van der Waals surface area (Å²) in [6.45, 7) is 8.62. The van der Waals surface area contributed by atoms with E-state index in [0.29, 0.717) is 25.7 Å². The van der Waals surface area contributed by atoms with Gasteiger partial charge in [-0.25, -0.2) is 19.9 Å². The molecule has 2 atom stereocenters. The monoisotopic (exact) mass is 953 g/mol. The van der Waals surface area contributed by atoms with Crippen LogP contribution in [0.25, 0.3) is 55.5 Å². The number of fused-ring (bicyclic) bond motifs is 4. The highest BCUT2D eigenvalue weighted by molar-refractivity contribution is 6.08. The molecule has 0 saturated heterocycles. The van der Waals surface area contributed by atoms with Crippen LogP contribution in [0.5, 0.6) is 11.8 Å². The van der Waals surface area contributed by atoms with Crippen molar-refractivity contribution >= 4 is 44.4 Å². The Morgan fingerprint density at radius 3 is 1.03 bits per heavy atom. The molecule has 2 aromatic carbocycles. The van der Waals surface area contributed by atoms with Gasteiger partial charge in [0.1, 0.15) is 11.0 Å². The number of hydrogen-bond donors (Lipinski definition) is 2. The fourth-order valence-electron chi connectivity index (χ4n) is 10.0. The Labute approximate surface area is 398 Å². The summed E-state index contributed by atoms with van der Waals surface area (Å²) in [5, 5.41) is 25.7. The van der Waals surface area contributed by atoms with Crippen LogP contribution in [0, 0.1) is 0 Å². The molecule has 0 bridgehead atoms. The third kappa shape index (κ3) is 13.0. The lowest BCUT2D eigenvalue weighted by Crippen LogP contribution is -2.10. The van der Waals surface area contributed by atoms with Gasteiger partial charge in [-0.2, -0.15) is 26.3 Å². The Balaban J connectivity index is 1.57. The number of aromatic nitrogens is 6. The van der Waals surface area contributed by atoms with E-state index in [4.69, 9.17) is 19.9 Å². The number of hydrogen-bond acceptors (Lipinski definition) is 6. The third-order valence-electron chi connectivity index (χ3n) is 13.8. The number of benzene rings is 2. The van der Waals surface area contributed by atoms with E-state index in [0.717, 1.165) is 114 Å². The highest BCUT2D eigenvalue weighted by atomic mass is 19.4. The maximum absolute atomic E-state index is 14.1. The number of unbranched alkanes of at least 4 members (excludes halogenated alkanes) is 18. The SMILES string of the molecule is CCCCCCCCCCC(CCCCC)n1c(O)c(-c2c(O)n(C(CCCCC)CCCCCCCCCC)c3nc4cc(C(F)(F)F)ccc4nc23)c2nc3ccc(C(F)(F)F)cc3nc21. The van der Waals surface area contributed by atoms with Gasteiger partial charge in [-0.3, -0.25) is 9.13 Å². The average Bonchev–Trinajstić information content (AvgIpc) is 3.73. The molecule has 374 valence electrons. The zero-order valence-electron chi connectivity index (χ0n) is 40.8. The number of halogens is 6. The fraction of sp³-hybridized carbons (Fsp3) is 0.630. The maximum Gasteiger partial charge on any atom is 0.416 e. The van der Waals surface area contributed by atoms with E-state index in [1.54, 1.807) is 9.13 Å². The lowest BCUT2D eigenvalue weighted by Gasteiger charge is -2.21. The van der Waals surface area contributed by atoms with Crippen LogP contribution in [0.4, 0.5) is 26.3 Å². The van der Waals surface area contributed by atoms with Crippen molar-refractivity contribution in [3.8, 4) is 22.9 Å². The summed E-state index contributed by atoms with van der Waals surface area (Å²) in [7, 11) is 0. The first-order valence-corrected chi connectivity index (χ1v) is 26.0. The van der Waals surface area contributed by atoms with Gasteiger partial charge in [-0.05, 0) is 62.1 Å². The van der Waals surface area contributed by atoms with Crippen molar-refractivity contribution in [3.63, 3.8) is 0 Å². The van der Waals surface area contributed by atoms with Crippen molar-refractivity contribution in [3.05, 3.63) is 47.5 Å². The van der Waals surface area contributed by atoms with E-state index >= 15 is 0 Å². The zero-order valence-corrected chi connectivity index (χ0v) is 40.8. The summed E-state index contributed by atoms with van der Waals surface area (Å²) < 4.78 is 88.1. The van der Waals surface area contributed by atoms with Crippen molar-refractivity contribution in [2.75, 3.05) is 0 Å². The normalized spacial score (nSPS) is 13.5. The van der Waals surface area contributed by atoms with E-state index in [2.05, 4.69) is 27.7 Å². The van der Waals surface area contributed by atoms with Crippen LogP contribution >= 0.6 is 0 Å². The van der Waals surface area contributed by atoms with Gasteiger partial charge < -0.3 is 10.2 Å². The molecule has 0 aliphatic heterocycles. The van der Waals surface area contributed by atoms with E-state index in [-0.39, 0.29) is 79.4 Å². The van der Waals surface area contributed by atoms with Crippen LogP contribution in [0.2, 0.25) is 0 Å². The lowest BCUT2D eigenvalue weighted by molar-refractivity contribution is -0.138. The minimum atomic E-state index is -4.63. The first kappa shape index (κ1) is 52.7. The number of nitrogens with zero attached hydrogens (tertiary/aromatic N) is 6. The second-order valence-corrected chi connectivity index (χ2v) is 19.2. The summed E-state index contributed by atoms with van der Waals surface area (Å²) in [6, 6.07) is 5.79. The van der Waals surface area contributed by atoms with Crippen molar-refractivity contribution in [2.24, 2.45) is 0 Å². The molecule has 0 amide bonds. The van der Waals surface area contributed by atoms with Crippen LogP contribution in [-0.2, 0) is 12.4 Å². The summed E-state index contributed by atoms with van der Waals surface area (Å²) in [4.78, 5) is 19.6. The Bertz CT molecular complexity index is 2350. The van der Waals surface area contributed by atoms with Crippen molar-refractivity contribution in [1.29, 1.82) is 0 Å². The Morgan fingerprint density at radius 1 is 0.412 bits per heavy atom. The highest BCUT2D eigenvalue weighted by Gasteiger charge is 2.36. The molecule has 68 heavy (non-hydrogen) atoms. The Morgan fingerprint density at radius 2 is 0.706 bits per heavy atom. The molecule has 6 rings (SSSR count).